The van der Waals surface area contributed by atoms with Crippen LogP contribution in [0, 0.1) is 5.92 Å². The molecular formula is C23H28N2O. The molecule has 26 heavy (non-hydrogen) atoms. The number of carbonyl (C=O) groups excluding carboxylic acids is 1. The first-order chi connectivity index (χ1) is 12.7. The van der Waals surface area contributed by atoms with Crippen molar-refractivity contribution in [2.45, 2.75) is 39.2 Å². The van der Waals surface area contributed by atoms with E-state index in [4.69, 9.17) is 0 Å². The van der Waals surface area contributed by atoms with Crippen molar-refractivity contribution >= 4 is 11.6 Å². The SMILES string of the molecule is C[C@@H]1CCCN(C(=O)c2ccc(CN3CCCc4ccccc43)cc2)C1. The first-order valence-corrected chi connectivity index (χ1v) is 9.92. The Balaban J connectivity index is 1.44. The van der Waals surface area contributed by atoms with E-state index in [2.05, 4.69) is 48.2 Å². The summed E-state index contributed by atoms with van der Waals surface area (Å²) in [6.07, 6.45) is 4.74. The lowest BCUT2D eigenvalue weighted by molar-refractivity contribution is 0.0683. The number of aryl methyl sites for hydroxylation is 1. The molecule has 3 heteroatoms. The third-order valence-corrected chi connectivity index (χ3v) is 5.72. The van der Waals surface area contributed by atoms with Crippen molar-refractivity contribution in [3.63, 3.8) is 0 Å². The van der Waals surface area contributed by atoms with Gasteiger partial charge >= 0.3 is 0 Å². The molecular weight excluding hydrogens is 320 g/mol. The van der Waals surface area contributed by atoms with Gasteiger partial charge in [-0.2, -0.15) is 0 Å². The number of nitrogens with zero attached hydrogens (tertiary/aromatic N) is 2. The fraction of sp³-hybridized carbons (Fsp3) is 0.435. The number of fused-ring (bicyclic) bond motifs is 1. The molecule has 2 aliphatic heterocycles. The predicted octanol–water partition coefficient (Wildman–Crippen LogP) is 4.51. The summed E-state index contributed by atoms with van der Waals surface area (Å²) in [5.74, 6) is 0.803. The minimum atomic E-state index is 0.186. The minimum absolute atomic E-state index is 0.186. The van der Waals surface area contributed by atoms with Gasteiger partial charge in [0.05, 0.1) is 0 Å². The summed E-state index contributed by atoms with van der Waals surface area (Å²) in [6, 6.07) is 17.0. The molecule has 0 radical (unpaired) electrons. The first-order valence-electron chi connectivity index (χ1n) is 9.92. The monoisotopic (exact) mass is 348 g/mol. The summed E-state index contributed by atoms with van der Waals surface area (Å²) >= 11 is 0. The Morgan fingerprint density at radius 3 is 2.65 bits per heavy atom. The van der Waals surface area contributed by atoms with Crippen molar-refractivity contribution in [1.82, 2.24) is 4.90 Å². The van der Waals surface area contributed by atoms with Crippen molar-refractivity contribution < 1.29 is 4.79 Å². The number of piperidine rings is 1. The Labute approximate surface area is 156 Å². The average Bonchev–Trinajstić information content (AvgIpc) is 2.68. The zero-order chi connectivity index (χ0) is 17.9. The topological polar surface area (TPSA) is 23.6 Å². The highest BCUT2D eigenvalue weighted by Crippen LogP contribution is 2.28. The molecule has 0 N–H and O–H groups in total. The van der Waals surface area contributed by atoms with Crippen LogP contribution in [0.25, 0.3) is 0 Å². The van der Waals surface area contributed by atoms with Gasteiger partial charge in [0.2, 0.25) is 0 Å². The standard InChI is InChI=1S/C23H28N2O/c1-18-6-4-15-25(16-18)23(26)21-12-10-19(11-13-21)17-24-14-5-8-20-7-2-3-9-22(20)24/h2-3,7,9-13,18H,4-6,8,14-17H2,1H3/t18-/m1/s1. The number of hydrogen-bond donors (Lipinski definition) is 0. The van der Waals surface area contributed by atoms with E-state index >= 15 is 0 Å². The van der Waals surface area contributed by atoms with Crippen molar-refractivity contribution in [3.8, 4) is 0 Å². The second-order valence-electron chi connectivity index (χ2n) is 7.85. The molecule has 0 aliphatic carbocycles. The fourth-order valence-corrected chi connectivity index (χ4v) is 4.31. The Morgan fingerprint density at radius 1 is 1.04 bits per heavy atom. The molecule has 4 rings (SSSR count). The Hall–Kier alpha value is -2.29. The molecule has 0 aromatic heterocycles. The lowest BCUT2D eigenvalue weighted by Crippen LogP contribution is -2.39. The number of para-hydroxylation sites is 1. The quantitative estimate of drug-likeness (QED) is 0.815. The van der Waals surface area contributed by atoms with Gasteiger partial charge in [-0.25, -0.2) is 0 Å². The lowest BCUT2D eigenvalue weighted by Gasteiger charge is -2.32. The molecule has 1 fully saturated rings. The van der Waals surface area contributed by atoms with Crippen LogP contribution in [0.4, 0.5) is 5.69 Å². The van der Waals surface area contributed by atoms with E-state index < -0.39 is 0 Å². The highest BCUT2D eigenvalue weighted by atomic mass is 16.2. The summed E-state index contributed by atoms with van der Waals surface area (Å²) in [4.78, 5) is 17.2. The Bertz CT molecular complexity index is 768. The van der Waals surface area contributed by atoms with Gasteiger partial charge in [0.15, 0.2) is 0 Å². The van der Waals surface area contributed by atoms with Crippen LogP contribution in [0.3, 0.4) is 0 Å². The van der Waals surface area contributed by atoms with Crippen LogP contribution in [0.15, 0.2) is 48.5 Å². The zero-order valence-electron chi connectivity index (χ0n) is 15.7. The largest absolute Gasteiger partial charge is 0.367 e. The second kappa shape index (κ2) is 7.53. The van der Waals surface area contributed by atoms with Gasteiger partial charge in [0.25, 0.3) is 5.91 Å². The third kappa shape index (κ3) is 3.62. The minimum Gasteiger partial charge on any atom is -0.367 e. The van der Waals surface area contributed by atoms with Gasteiger partial charge in [-0.05, 0) is 60.9 Å². The van der Waals surface area contributed by atoms with Crippen LogP contribution in [-0.4, -0.2) is 30.4 Å². The van der Waals surface area contributed by atoms with Crippen LogP contribution in [0.2, 0.25) is 0 Å². The number of rotatable bonds is 3. The van der Waals surface area contributed by atoms with Gasteiger partial charge in [0, 0.05) is 37.4 Å². The van der Waals surface area contributed by atoms with Crippen LogP contribution < -0.4 is 4.90 Å². The molecule has 2 aromatic rings. The molecule has 3 nitrogen and oxygen atoms in total. The molecule has 136 valence electrons. The van der Waals surface area contributed by atoms with Gasteiger partial charge < -0.3 is 9.80 Å². The van der Waals surface area contributed by atoms with Crippen LogP contribution >= 0.6 is 0 Å². The fourth-order valence-electron chi connectivity index (χ4n) is 4.31. The molecule has 0 saturated carbocycles. The number of amides is 1. The highest BCUT2D eigenvalue weighted by molar-refractivity contribution is 5.94. The molecule has 2 heterocycles. The third-order valence-electron chi connectivity index (χ3n) is 5.72. The van der Waals surface area contributed by atoms with E-state index in [0.717, 1.165) is 38.2 Å². The smallest absolute Gasteiger partial charge is 0.253 e. The van der Waals surface area contributed by atoms with E-state index in [-0.39, 0.29) is 5.91 Å². The number of hydrogen-bond acceptors (Lipinski definition) is 2. The molecule has 1 amide bonds. The van der Waals surface area contributed by atoms with Crippen molar-refractivity contribution in [3.05, 3.63) is 65.2 Å². The number of anilines is 1. The molecule has 0 unspecified atom stereocenters. The molecule has 2 aliphatic rings. The Kier molecular flexibility index (Phi) is 4.96. The van der Waals surface area contributed by atoms with Crippen LogP contribution in [0.5, 0.6) is 0 Å². The van der Waals surface area contributed by atoms with Gasteiger partial charge in [0.1, 0.15) is 0 Å². The molecule has 1 atom stereocenters. The summed E-state index contributed by atoms with van der Waals surface area (Å²) in [6.45, 7) is 6.04. The van der Waals surface area contributed by atoms with Gasteiger partial charge in [-0.3, -0.25) is 4.79 Å². The maximum absolute atomic E-state index is 12.7. The molecule has 0 spiro atoms. The molecule has 0 bridgehead atoms. The predicted molar refractivity (Wildman–Crippen MR) is 107 cm³/mol. The second-order valence-corrected chi connectivity index (χ2v) is 7.85. The van der Waals surface area contributed by atoms with Crippen molar-refractivity contribution in [2.75, 3.05) is 24.5 Å². The highest BCUT2D eigenvalue weighted by Gasteiger charge is 2.22. The summed E-state index contributed by atoms with van der Waals surface area (Å²) in [5, 5.41) is 0. The van der Waals surface area contributed by atoms with E-state index in [1.165, 1.54) is 36.1 Å². The molecule has 1 saturated heterocycles. The number of likely N-dealkylation sites (tertiary alicyclic amines) is 1. The molecule has 2 aromatic carbocycles. The average molecular weight is 348 g/mol. The lowest BCUT2D eigenvalue weighted by atomic mass is 9.99. The summed E-state index contributed by atoms with van der Waals surface area (Å²) in [5.41, 5.74) is 4.90. The van der Waals surface area contributed by atoms with Crippen LogP contribution in [0.1, 0.15) is 47.7 Å². The number of benzene rings is 2. The van der Waals surface area contributed by atoms with E-state index in [1.54, 1.807) is 0 Å². The van der Waals surface area contributed by atoms with E-state index in [1.807, 2.05) is 17.0 Å². The van der Waals surface area contributed by atoms with Crippen molar-refractivity contribution in [1.29, 1.82) is 0 Å². The van der Waals surface area contributed by atoms with Crippen LogP contribution in [-0.2, 0) is 13.0 Å². The summed E-state index contributed by atoms with van der Waals surface area (Å²) in [7, 11) is 0. The van der Waals surface area contributed by atoms with E-state index in [9.17, 15) is 4.79 Å². The Morgan fingerprint density at radius 2 is 1.85 bits per heavy atom. The van der Waals surface area contributed by atoms with Gasteiger partial charge in [-0.1, -0.05) is 37.3 Å². The number of carbonyl (C=O) groups is 1. The maximum atomic E-state index is 12.7. The first kappa shape index (κ1) is 17.1. The zero-order valence-corrected chi connectivity index (χ0v) is 15.7. The van der Waals surface area contributed by atoms with Gasteiger partial charge in [-0.15, -0.1) is 0 Å². The van der Waals surface area contributed by atoms with Crippen molar-refractivity contribution in [2.24, 2.45) is 5.92 Å². The van der Waals surface area contributed by atoms with E-state index in [0.29, 0.717) is 5.92 Å². The maximum Gasteiger partial charge on any atom is 0.253 e. The summed E-state index contributed by atoms with van der Waals surface area (Å²) < 4.78 is 0. The normalized spacial score (nSPS) is 20.0.